The van der Waals surface area contributed by atoms with Gasteiger partial charge >= 0.3 is 6.18 Å². The Hall–Kier alpha value is -2.42. The number of halogens is 4. The lowest BCUT2D eigenvalue weighted by atomic mass is 9.87. The minimum absolute atomic E-state index is 0.0179. The van der Waals surface area contributed by atoms with Crippen LogP contribution in [-0.4, -0.2) is 26.1 Å². The zero-order chi connectivity index (χ0) is 22.8. The molecule has 3 rings (SSSR count). The van der Waals surface area contributed by atoms with Crippen LogP contribution in [0.1, 0.15) is 47.2 Å². The molecule has 9 heteroatoms. The van der Waals surface area contributed by atoms with Gasteiger partial charge in [-0.1, -0.05) is 12.1 Å². The Bertz CT molecular complexity index is 1060. The van der Waals surface area contributed by atoms with Gasteiger partial charge in [0.15, 0.2) is 9.84 Å². The van der Waals surface area contributed by atoms with Crippen LogP contribution in [0.2, 0.25) is 0 Å². The number of carbonyl (C=O) groups is 1. The number of carbonyl (C=O) groups excluding carboxylic acids is 1. The summed E-state index contributed by atoms with van der Waals surface area (Å²) in [7, 11) is -3.42. The number of hydrogen-bond donors (Lipinski definition) is 1. The van der Waals surface area contributed by atoms with Gasteiger partial charge in [0.25, 0.3) is 5.91 Å². The third-order valence-corrected chi connectivity index (χ3v) is 7.40. The molecule has 1 aliphatic carbocycles. The quantitative estimate of drug-likeness (QED) is 0.649. The summed E-state index contributed by atoms with van der Waals surface area (Å²) in [6.07, 6.45) is -2.69. The van der Waals surface area contributed by atoms with Gasteiger partial charge in [0.2, 0.25) is 0 Å². The molecular formula is C22H23F4NO3S. The van der Waals surface area contributed by atoms with E-state index in [1.54, 1.807) is 18.2 Å². The first-order valence-corrected chi connectivity index (χ1v) is 11.6. The van der Waals surface area contributed by atoms with E-state index in [1.165, 1.54) is 0 Å². The fraction of sp³-hybridized carbons (Fsp3) is 0.409. The van der Waals surface area contributed by atoms with Crippen LogP contribution in [0.5, 0.6) is 0 Å². The van der Waals surface area contributed by atoms with E-state index >= 15 is 0 Å². The zero-order valence-electron chi connectivity index (χ0n) is 16.9. The van der Waals surface area contributed by atoms with Gasteiger partial charge < -0.3 is 5.32 Å². The van der Waals surface area contributed by atoms with Crippen molar-refractivity contribution < 1.29 is 30.8 Å². The molecule has 0 aliphatic heterocycles. The van der Waals surface area contributed by atoms with E-state index in [0.717, 1.165) is 11.6 Å². The number of amides is 1. The van der Waals surface area contributed by atoms with Gasteiger partial charge in [-0.3, -0.25) is 4.79 Å². The maximum absolute atomic E-state index is 13.4. The van der Waals surface area contributed by atoms with Crippen molar-refractivity contribution in [2.75, 3.05) is 5.75 Å². The predicted octanol–water partition coefficient (Wildman–Crippen LogP) is 4.92. The molecule has 0 radical (unpaired) electrons. The van der Waals surface area contributed by atoms with Gasteiger partial charge in [0.05, 0.1) is 16.2 Å². The van der Waals surface area contributed by atoms with Crippen molar-refractivity contribution in [3.63, 3.8) is 0 Å². The van der Waals surface area contributed by atoms with Crippen LogP contribution in [0.3, 0.4) is 0 Å². The topological polar surface area (TPSA) is 63.2 Å². The van der Waals surface area contributed by atoms with Crippen LogP contribution in [0.25, 0.3) is 0 Å². The highest BCUT2D eigenvalue weighted by Gasteiger charge is 2.35. The molecule has 4 nitrogen and oxygen atoms in total. The average molecular weight is 457 g/mol. The Morgan fingerprint density at radius 1 is 1.06 bits per heavy atom. The smallest absolute Gasteiger partial charge is 0.349 e. The SMILES string of the molecule is Cc1cccc(S(=O)(=O)CC2CCC(NC(=O)c3ccc(F)c(C(F)(F)F)c3)CC2)c1. The van der Waals surface area contributed by atoms with E-state index in [4.69, 9.17) is 0 Å². The summed E-state index contributed by atoms with van der Waals surface area (Å²) in [4.78, 5) is 12.6. The predicted molar refractivity (Wildman–Crippen MR) is 108 cm³/mol. The van der Waals surface area contributed by atoms with Crippen LogP contribution in [0, 0.1) is 18.7 Å². The van der Waals surface area contributed by atoms with Crippen molar-refractivity contribution in [2.24, 2.45) is 5.92 Å². The molecule has 0 saturated heterocycles. The second-order valence-electron chi connectivity index (χ2n) is 7.98. The second-order valence-corrected chi connectivity index (χ2v) is 10.0. The van der Waals surface area contributed by atoms with Crippen molar-refractivity contribution in [3.05, 3.63) is 65.0 Å². The van der Waals surface area contributed by atoms with Crippen molar-refractivity contribution >= 4 is 15.7 Å². The number of sulfone groups is 1. The molecule has 2 aromatic carbocycles. The van der Waals surface area contributed by atoms with Crippen molar-refractivity contribution in [1.29, 1.82) is 0 Å². The molecule has 0 bridgehead atoms. The number of rotatable bonds is 5. The van der Waals surface area contributed by atoms with E-state index in [1.807, 2.05) is 13.0 Å². The largest absolute Gasteiger partial charge is 0.419 e. The summed E-state index contributed by atoms with van der Waals surface area (Å²) in [5, 5.41) is 2.68. The Morgan fingerprint density at radius 2 is 1.74 bits per heavy atom. The van der Waals surface area contributed by atoms with Crippen LogP contribution in [-0.2, 0) is 16.0 Å². The fourth-order valence-electron chi connectivity index (χ4n) is 3.84. The molecule has 168 valence electrons. The molecule has 31 heavy (non-hydrogen) atoms. The minimum atomic E-state index is -4.89. The summed E-state index contributed by atoms with van der Waals surface area (Å²) in [6.45, 7) is 1.83. The number of alkyl halides is 3. The number of nitrogens with one attached hydrogen (secondary N) is 1. The number of hydrogen-bond acceptors (Lipinski definition) is 3. The second kappa shape index (κ2) is 8.98. The van der Waals surface area contributed by atoms with Gasteiger partial charge in [0.1, 0.15) is 5.82 Å². The van der Waals surface area contributed by atoms with Crippen LogP contribution < -0.4 is 5.32 Å². The third-order valence-electron chi connectivity index (χ3n) is 5.52. The normalized spacial score (nSPS) is 19.8. The van der Waals surface area contributed by atoms with Gasteiger partial charge in [-0.25, -0.2) is 12.8 Å². The van der Waals surface area contributed by atoms with Gasteiger partial charge in [-0.05, 0) is 74.4 Å². The van der Waals surface area contributed by atoms with E-state index in [0.29, 0.717) is 42.7 Å². The standard InChI is InChI=1S/C22H23F4NO3S/c1-14-3-2-4-18(11-14)31(29,30)13-15-5-8-17(9-6-15)27-21(28)16-7-10-20(23)19(12-16)22(24,25)26/h2-4,7,10-12,15,17H,5-6,8-9,13H2,1H3,(H,27,28). The minimum Gasteiger partial charge on any atom is -0.349 e. The number of aryl methyl sites for hydroxylation is 1. The highest BCUT2D eigenvalue weighted by Crippen LogP contribution is 2.32. The molecule has 0 spiro atoms. The van der Waals surface area contributed by atoms with E-state index in [2.05, 4.69) is 5.32 Å². The van der Waals surface area contributed by atoms with Gasteiger partial charge in [-0.2, -0.15) is 13.2 Å². The molecule has 0 aromatic heterocycles. The van der Waals surface area contributed by atoms with Gasteiger partial charge in [-0.15, -0.1) is 0 Å². The molecular weight excluding hydrogens is 434 g/mol. The van der Waals surface area contributed by atoms with Crippen molar-refractivity contribution in [3.8, 4) is 0 Å². The molecule has 1 saturated carbocycles. The molecule has 0 unspecified atom stereocenters. The summed E-state index contributed by atoms with van der Waals surface area (Å²) < 4.78 is 77.3. The first-order chi connectivity index (χ1) is 14.5. The zero-order valence-corrected chi connectivity index (χ0v) is 17.7. The Balaban J connectivity index is 1.57. The third kappa shape index (κ3) is 5.84. The summed E-state index contributed by atoms with van der Waals surface area (Å²) >= 11 is 0. The van der Waals surface area contributed by atoms with Crippen molar-refractivity contribution in [1.82, 2.24) is 5.32 Å². The Labute approximate surface area is 178 Å². The summed E-state index contributed by atoms with van der Waals surface area (Å²) in [5.74, 6) is -2.17. The molecule has 2 aromatic rings. The highest BCUT2D eigenvalue weighted by molar-refractivity contribution is 7.91. The van der Waals surface area contributed by atoms with Crippen LogP contribution in [0.15, 0.2) is 47.4 Å². The average Bonchev–Trinajstić information content (AvgIpc) is 2.68. The molecule has 0 heterocycles. The van der Waals surface area contributed by atoms with Crippen LogP contribution in [0.4, 0.5) is 17.6 Å². The van der Waals surface area contributed by atoms with Crippen molar-refractivity contribution in [2.45, 2.75) is 49.7 Å². The van der Waals surface area contributed by atoms with E-state index < -0.39 is 33.3 Å². The Morgan fingerprint density at radius 3 is 2.35 bits per heavy atom. The van der Waals surface area contributed by atoms with E-state index in [9.17, 15) is 30.8 Å². The molecule has 0 atom stereocenters. The molecule has 1 amide bonds. The maximum Gasteiger partial charge on any atom is 0.419 e. The lowest BCUT2D eigenvalue weighted by Gasteiger charge is -2.29. The lowest BCUT2D eigenvalue weighted by Crippen LogP contribution is -2.38. The lowest BCUT2D eigenvalue weighted by molar-refractivity contribution is -0.140. The highest BCUT2D eigenvalue weighted by atomic mass is 32.2. The maximum atomic E-state index is 13.4. The fourth-order valence-corrected chi connectivity index (χ4v) is 5.64. The van der Waals surface area contributed by atoms with E-state index in [-0.39, 0.29) is 23.3 Å². The monoisotopic (exact) mass is 457 g/mol. The molecule has 1 aliphatic rings. The first-order valence-electron chi connectivity index (χ1n) is 9.93. The first kappa shape index (κ1) is 23.2. The Kier molecular flexibility index (Phi) is 6.73. The summed E-state index contributed by atoms with van der Waals surface area (Å²) in [5.41, 5.74) is -0.884. The molecule has 1 N–H and O–H groups in total. The van der Waals surface area contributed by atoms with Gasteiger partial charge in [0, 0.05) is 11.6 Å². The van der Waals surface area contributed by atoms with Crippen LogP contribution >= 0.6 is 0 Å². The summed E-state index contributed by atoms with van der Waals surface area (Å²) in [6, 6.07) is 8.62. The number of benzene rings is 2. The molecule has 1 fully saturated rings.